The summed E-state index contributed by atoms with van der Waals surface area (Å²) in [5.41, 5.74) is 1.18. The van der Waals surface area contributed by atoms with Crippen LogP contribution in [0.25, 0.3) is 5.82 Å². The van der Waals surface area contributed by atoms with Crippen LogP contribution in [0.2, 0.25) is 0 Å². The molecule has 0 aliphatic carbocycles. The Morgan fingerprint density at radius 3 is 2.97 bits per heavy atom. The maximum atomic E-state index is 5.74. The molecule has 0 amide bonds. The zero-order valence-corrected chi connectivity index (χ0v) is 18.2. The average molecular weight is 425 g/mol. The van der Waals surface area contributed by atoms with Crippen LogP contribution in [0.15, 0.2) is 60.5 Å². The van der Waals surface area contributed by atoms with Gasteiger partial charge in [0.1, 0.15) is 11.6 Å². The molecule has 1 atom stereocenters. The molecule has 0 aromatic carbocycles. The predicted octanol–water partition coefficient (Wildman–Crippen LogP) is 3.55. The molecule has 0 unspecified atom stereocenters. The van der Waals surface area contributed by atoms with Crippen molar-refractivity contribution in [2.45, 2.75) is 43.7 Å². The fourth-order valence-corrected chi connectivity index (χ4v) is 4.67. The van der Waals surface area contributed by atoms with E-state index in [0.717, 1.165) is 48.5 Å². The first-order chi connectivity index (χ1) is 14.7. The van der Waals surface area contributed by atoms with Gasteiger partial charge < -0.3 is 13.9 Å². The fourth-order valence-electron chi connectivity index (χ4n) is 3.64. The fraction of sp³-hybridized carbons (Fsp3) is 0.409. The highest BCUT2D eigenvalue weighted by molar-refractivity contribution is 7.99. The molecular formula is C22H28N6OS. The number of aromatic nitrogens is 5. The molecule has 30 heavy (non-hydrogen) atoms. The van der Waals surface area contributed by atoms with Crippen LogP contribution in [-0.2, 0) is 24.4 Å². The summed E-state index contributed by atoms with van der Waals surface area (Å²) in [4.78, 5) is 6.70. The molecule has 7 nitrogen and oxygen atoms in total. The van der Waals surface area contributed by atoms with Crippen molar-refractivity contribution in [3.05, 3.63) is 66.9 Å². The molecule has 0 radical (unpaired) electrons. The highest BCUT2D eigenvalue weighted by Crippen LogP contribution is 2.24. The van der Waals surface area contributed by atoms with E-state index in [1.807, 2.05) is 36.7 Å². The lowest BCUT2D eigenvalue weighted by molar-refractivity contribution is 0.129. The summed E-state index contributed by atoms with van der Waals surface area (Å²) < 4.78 is 10.0. The van der Waals surface area contributed by atoms with Crippen LogP contribution in [0, 0.1) is 0 Å². The highest BCUT2D eigenvalue weighted by atomic mass is 32.2. The lowest BCUT2D eigenvalue weighted by Gasteiger charge is -2.18. The van der Waals surface area contributed by atoms with Crippen molar-refractivity contribution in [1.82, 2.24) is 29.2 Å². The summed E-state index contributed by atoms with van der Waals surface area (Å²) in [6.45, 7) is 6.97. The first-order valence-corrected chi connectivity index (χ1v) is 11.3. The second-order valence-corrected chi connectivity index (χ2v) is 8.46. The molecule has 4 rings (SSSR count). The van der Waals surface area contributed by atoms with Crippen molar-refractivity contribution >= 4 is 11.8 Å². The van der Waals surface area contributed by atoms with Crippen molar-refractivity contribution < 1.29 is 4.74 Å². The lowest BCUT2D eigenvalue weighted by Crippen LogP contribution is -2.22. The van der Waals surface area contributed by atoms with E-state index in [2.05, 4.69) is 55.0 Å². The van der Waals surface area contributed by atoms with E-state index in [1.165, 1.54) is 5.69 Å². The van der Waals surface area contributed by atoms with E-state index < -0.39 is 0 Å². The largest absolute Gasteiger partial charge is 0.377 e. The molecule has 1 fully saturated rings. The molecule has 3 aromatic rings. The molecule has 1 saturated heterocycles. The lowest BCUT2D eigenvalue weighted by atomic mass is 10.3. The number of hydrogen-bond acceptors (Lipinski definition) is 6. The Hall–Kier alpha value is -2.42. The highest BCUT2D eigenvalue weighted by Gasteiger charge is 2.19. The maximum absolute atomic E-state index is 5.74. The van der Waals surface area contributed by atoms with Crippen molar-refractivity contribution in [3.63, 3.8) is 0 Å². The van der Waals surface area contributed by atoms with Crippen LogP contribution in [-0.4, -0.2) is 54.7 Å². The quantitative estimate of drug-likeness (QED) is 0.366. The molecule has 3 aromatic heterocycles. The number of ether oxygens (including phenoxy) is 1. The minimum absolute atomic E-state index is 0.328. The number of allylic oxidation sites excluding steroid dienone is 1. The molecule has 1 aliphatic rings. The first kappa shape index (κ1) is 20.8. The van der Waals surface area contributed by atoms with Gasteiger partial charge in [-0.05, 0) is 44.2 Å². The van der Waals surface area contributed by atoms with Crippen LogP contribution in [0.1, 0.15) is 24.4 Å². The van der Waals surface area contributed by atoms with E-state index in [9.17, 15) is 0 Å². The van der Waals surface area contributed by atoms with Gasteiger partial charge in [-0.3, -0.25) is 4.90 Å². The van der Waals surface area contributed by atoms with Crippen LogP contribution in [0.4, 0.5) is 0 Å². The minimum Gasteiger partial charge on any atom is -0.377 e. The van der Waals surface area contributed by atoms with Gasteiger partial charge in [-0.25, -0.2) is 4.98 Å². The third kappa shape index (κ3) is 5.00. The van der Waals surface area contributed by atoms with Crippen molar-refractivity contribution in [2.24, 2.45) is 0 Å². The normalized spacial score (nSPS) is 16.4. The Kier molecular flexibility index (Phi) is 6.99. The zero-order chi connectivity index (χ0) is 20.8. The van der Waals surface area contributed by atoms with Gasteiger partial charge in [0, 0.05) is 43.5 Å². The molecule has 158 valence electrons. The smallest absolute Gasteiger partial charge is 0.191 e. The minimum atomic E-state index is 0.328. The Bertz CT molecular complexity index is 948. The van der Waals surface area contributed by atoms with Crippen molar-refractivity contribution in [3.8, 4) is 5.82 Å². The molecule has 0 N–H and O–H groups in total. The molecular weight excluding hydrogens is 396 g/mol. The number of rotatable bonds is 10. The molecule has 4 heterocycles. The third-order valence-electron chi connectivity index (χ3n) is 5.10. The summed E-state index contributed by atoms with van der Waals surface area (Å²) in [6, 6.07) is 10.1. The summed E-state index contributed by atoms with van der Waals surface area (Å²) in [7, 11) is 2.10. The zero-order valence-electron chi connectivity index (χ0n) is 17.4. The van der Waals surface area contributed by atoms with Crippen LogP contribution < -0.4 is 0 Å². The monoisotopic (exact) mass is 424 g/mol. The van der Waals surface area contributed by atoms with Gasteiger partial charge in [0.25, 0.3) is 0 Å². The standard InChI is InChI=1S/C22H28N6OS/c1-3-12-28-21(24-25-22(28)30-17-19-9-7-14-29-19)16-26(2)15-18-8-6-13-27(18)20-10-4-5-11-23-20/h3-6,8,10-11,13,19H,1,7,9,12,14-17H2,2H3/t19-/m1/s1. The molecule has 1 aliphatic heterocycles. The van der Waals surface area contributed by atoms with Crippen LogP contribution >= 0.6 is 11.8 Å². The van der Waals surface area contributed by atoms with E-state index in [0.29, 0.717) is 19.2 Å². The molecule has 0 bridgehead atoms. The second-order valence-electron chi connectivity index (χ2n) is 7.47. The third-order valence-corrected chi connectivity index (χ3v) is 6.20. The Labute approximate surface area is 181 Å². The molecule has 0 saturated carbocycles. The Balaban J connectivity index is 1.42. The van der Waals surface area contributed by atoms with Crippen LogP contribution in [0.5, 0.6) is 0 Å². The summed E-state index contributed by atoms with van der Waals surface area (Å²) in [5, 5.41) is 9.85. The number of hydrogen-bond donors (Lipinski definition) is 0. The van der Waals surface area contributed by atoms with E-state index in [-0.39, 0.29) is 0 Å². The number of nitrogens with zero attached hydrogens (tertiary/aromatic N) is 6. The SMILES string of the molecule is C=CCn1c(CN(C)Cc2cccn2-c2ccccn2)nnc1SC[C@H]1CCCO1. The van der Waals surface area contributed by atoms with Gasteiger partial charge >= 0.3 is 0 Å². The average Bonchev–Trinajstić information content (AvgIpc) is 3.50. The van der Waals surface area contributed by atoms with E-state index in [1.54, 1.807) is 11.8 Å². The number of pyridine rings is 1. The van der Waals surface area contributed by atoms with Crippen molar-refractivity contribution in [2.75, 3.05) is 19.4 Å². The van der Waals surface area contributed by atoms with E-state index >= 15 is 0 Å². The molecule has 0 spiro atoms. The summed E-state index contributed by atoms with van der Waals surface area (Å²) in [6.07, 6.45) is 8.38. The maximum Gasteiger partial charge on any atom is 0.191 e. The van der Waals surface area contributed by atoms with Gasteiger partial charge in [-0.2, -0.15) is 0 Å². The second kappa shape index (κ2) is 10.1. The van der Waals surface area contributed by atoms with Gasteiger partial charge in [0.15, 0.2) is 5.16 Å². The number of thioether (sulfide) groups is 1. The van der Waals surface area contributed by atoms with Gasteiger partial charge in [0.2, 0.25) is 0 Å². The van der Waals surface area contributed by atoms with E-state index in [4.69, 9.17) is 4.74 Å². The first-order valence-electron chi connectivity index (χ1n) is 10.3. The molecule has 8 heteroatoms. The van der Waals surface area contributed by atoms with Gasteiger partial charge in [-0.15, -0.1) is 16.8 Å². The summed E-state index contributed by atoms with van der Waals surface area (Å²) in [5.74, 6) is 2.79. The Morgan fingerprint density at radius 2 is 2.20 bits per heavy atom. The predicted molar refractivity (Wildman–Crippen MR) is 119 cm³/mol. The summed E-state index contributed by atoms with van der Waals surface area (Å²) >= 11 is 1.72. The van der Waals surface area contributed by atoms with Gasteiger partial charge in [0.05, 0.1) is 12.6 Å². The topological polar surface area (TPSA) is 61.0 Å². The van der Waals surface area contributed by atoms with Crippen LogP contribution in [0.3, 0.4) is 0 Å². The Morgan fingerprint density at radius 1 is 1.27 bits per heavy atom. The van der Waals surface area contributed by atoms with Gasteiger partial charge in [-0.1, -0.05) is 23.9 Å². The van der Waals surface area contributed by atoms with Crippen molar-refractivity contribution in [1.29, 1.82) is 0 Å².